The molecule has 18 heavy (non-hydrogen) atoms. The number of aromatic nitrogens is 2. The Morgan fingerprint density at radius 3 is 1.61 bits per heavy atom. The summed E-state index contributed by atoms with van der Waals surface area (Å²) in [6, 6.07) is 6.21. The SMILES string of the molecule is O=[N+]([O-])c1ccc([N+](=O)[O-])cc1.[PbH2].c1cn[nH]c1. The third-order valence-corrected chi connectivity index (χ3v) is 1.68. The zero-order valence-electron chi connectivity index (χ0n) is 9.22. The number of rotatable bonds is 2. The molecule has 1 N–H and O–H groups in total. The second-order valence-electron chi connectivity index (χ2n) is 2.80. The molecule has 0 aliphatic rings. The fourth-order valence-corrected chi connectivity index (χ4v) is 0.911. The Morgan fingerprint density at radius 2 is 1.44 bits per heavy atom. The fourth-order valence-electron chi connectivity index (χ4n) is 0.911. The van der Waals surface area contributed by atoms with Crippen molar-refractivity contribution in [2.75, 3.05) is 0 Å². The largest absolute Gasteiger partial charge is 0.286 e. The number of nitrogens with one attached hydrogen (secondary N) is 1. The molecule has 0 aliphatic carbocycles. The maximum Gasteiger partial charge on any atom is 0.0487 e. The van der Waals surface area contributed by atoms with E-state index in [2.05, 4.69) is 10.2 Å². The summed E-state index contributed by atoms with van der Waals surface area (Å²) in [5.41, 5.74) is -0.304. The molecule has 0 saturated heterocycles. The number of non-ortho nitro benzene ring substituents is 2. The van der Waals surface area contributed by atoms with E-state index in [0.717, 1.165) is 24.3 Å². The van der Waals surface area contributed by atoms with Gasteiger partial charge in [-0.15, -0.1) is 0 Å². The van der Waals surface area contributed by atoms with Gasteiger partial charge in [-0.2, -0.15) is 5.10 Å². The minimum absolute atomic E-state index is 0. The predicted octanol–water partition coefficient (Wildman–Crippen LogP) is 0.996. The molecule has 0 spiro atoms. The molecular weight excluding hydrogens is 435 g/mol. The monoisotopic (exact) mass is 446 g/mol. The fraction of sp³-hybridized carbons (Fsp3) is 0. The second kappa shape index (κ2) is 8.27. The zero-order valence-corrected chi connectivity index (χ0v) is 14.7. The molecule has 2 rings (SSSR count). The average molecular weight is 445 g/mol. The van der Waals surface area contributed by atoms with Gasteiger partial charge in [0.15, 0.2) is 0 Å². The molecule has 9 heteroatoms. The molecule has 0 bridgehead atoms. The van der Waals surface area contributed by atoms with Crippen LogP contribution < -0.4 is 0 Å². The summed E-state index contributed by atoms with van der Waals surface area (Å²) >= 11 is 0. The number of nitrogens with zero attached hydrogens (tertiary/aromatic N) is 3. The van der Waals surface area contributed by atoms with Crippen LogP contribution >= 0.6 is 0 Å². The Kier molecular flexibility index (Phi) is 7.42. The van der Waals surface area contributed by atoms with E-state index in [9.17, 15) is 20.2 Å². The van der Waals surface area contributed by atoms with E-state index in [1.165, 1.54) is 0 Å². The van der Waals surface area contributed by atoms with E-state index < -0.39 is 9.85 Å². The maximum absolute atomic E-state index is 10.1. The van der Waals surface area contributed by atoms with Gasteiger partial charge < -0.3 is 0 Å². The summed E-state index contributed by atoms with van der Waals surface area (Å²) in [5, 5.41) is 26.4. The first kappa shape index (κ1) is 16.2. The molecular formula is C9H10N4O4Pb. The quantitative estimate of drug-likeness (QED) is 0.421. The van der Waals surface area contributed by atoms with Crippen LogP contribution in [0.2, 0.25) is 0 Å². The number of nitro benzene ring substituents is 2. The Bertz CT molecular complexity index is 436. The van der Waals surface area contributed by atoms with Crippen LogP contribution in [-0.4, -0.2) is 47.3 Å². The average Bonchev–Trinajstić information content (AvgIpc) is 2.87. The molecule has 0 amide bonds. The van der Waals surface area contributed by atoms with Crippen molar-refractivity contribution in [3.05, 3.63) is 63.0 Å². The van der Waals surface area contributed by atoms with Gasteiger partial charge in [0, 0.05) is 36.7 Å². The molecule has 0 saturated carbocycles. The van der Waals surface area contributed by atoms with Gasteiger partial charge in [0.25, 0.3) is 11.4 Å². The molecule has 94 valence electrons. The number of aromatic amines is 1. The van der Waals surface area contributed by atoms with Gasteiger partial charge >= 0.3 is 27.3 Å². The number of H-pyrrole nitrogens is 1. The van der Waals surface area contributed by atoms with Crippen LogP contribution in [0.4, 0.5) is 11.4 Å². The minimum atomic E-state index is -0.607. The van der Waals surface area contributed by atoms with Gasteiger partial charge in [0.2, 0.25) is 0 Å². The number of hydrogen-bond acceptors (Lipinski definition) is 5. The van der Waals surface area contributed by atoms with Crippen LogP contribution in [0, 0.1) is 20.2 Å². The summed E-state index contributed by atoms with van der Waals surface area (Å²) in [5.74, 6) is 0. The van der Waals surface area contributed by atoms with Crippen molar-refractivity contribution in [2.24, 2.45) is 0 Å². The molecule has 0 fully saturated rings. The van der Waals surface area contributed by atoms with Crippen LogP contribution in [0.3, 0.4) is 0 Å². The molecule has 2 aromatic rings. The van der Waals surface area contributed by atoms with Crippen molar-refractivity contribution in [3.8, 4) is 0 Å². The van der Waals surface area contributed by atoms with Crippen LogP contribution in [0.25, 0.3) is 0 Å². The topological polar surface area (TPSA) is 115 Å². The molecule has 8 nitrogen and oxygen atoms in total. The number of benzene rings is 1. The van der Waals surface area contributed by atoms with Crippen molar-refractivity contribution < 1.29 is 9.85 Å². The van der Waals surface area contributed by atoms with Gasteiger partial charge in [-0.3, -0.25) is 25.3 Å². The summed E-state index contributed by atoms with van der Waals surface area (Å²) in [6.45, 7) is 0. The van der Waals surface area contributed by atoms with Crippen molar-refractivity contribution in [2.45, 2.75) is 0 Å². The van der Waals surface area contributed by atoms with Crippen molar-refractivity contribution in [3.63, 3.8) is 0 Å². The van der Waals surface area contributed by atoms with Crippen LogP contribution in [0.15, 0.2) is 42.7 Å². The first-order valence-electron chi connectivity index (χ1n) is 4.44. The standard InChI is InChI=1S/C6H4N2O4.C3H4N2.Pb.2H/c9-7(10)5-1-2-6(4-3-5)8(11)12;1-2-4-5-3-1;;;/h1-4H;1-3H,(H,4,5);;;. The van der Waals surface area contributed by atoms with Gasteiger partial charge in [-0.1, -0.05) is 0 Å². The van der Waals surface area contributed by atoms with E-state index in [1.54, 1.807) is 12.4 Å². The Balaban J connectivity index is 0.000000405. The van der Waals surface area contributed by atoms with Crippen molar-refractivity contribution >= 4 is 38.7 Å². The third kappa shape index (κ3) is 5.47. The first-order chi connectivity index (χ1) is 8.11. The predicted molar refractivity (Wildman–Crippen MR) is 66.9 cm³/mol. The summed E-state index contributed by atoms with van der Waals surface area (Å²) in [7, 11) is 0. The molecule has 1 aromatic carbocycles. The summed E-state index contributed by atoms with van der Waals surface area (Å²) in [4.78, 5) is 19.0. The van der Waals surface area contributed by atoms with E-state index in [0.29, 0.717) is 0 Å². The molecule has 0 aliphatic heterocycles. The van der Waals surface area contributed by atoms with E-state index in [4.69, 9.17) is 0 Å². The molecule has 1 heterocycles. The van der Waals surface area contributed by atoms with Crippen LogP contribution in [0.5, 0.6) is 0 Å². The second-order valence-corrected chi connectivity index (χ2v) is 2.80. The smallest absolute Gasteiger partial charge is 0.0487 e. The Labute approximate surface area is 121 Å². The van der Waals surface area contributed by atoms with Gasteiger partial charge in [0.05, 0.1) is 9.85 Å². The van der Waals surface area contributed by atoms with Crippen molar-refractivity contribution in [1.82, 2.24) is 10.2 Å². The molecule has 2 radical (unpaired) electrons. The number of hydrogen-bond donors (Lipinski definition) is 1. The van der Waals surface area contributed by atoms with Gasteiger partial charge in [-0.25, -0.2) is 0 Å². The molecule has 1 aromatic heterocycles. The summed E-state index contributed by atoms with van der Waals surface area (Å²) in [6.07, 6.45) is 3.46. The van der Waals surface area contributed by atoms with Crippen LogP contribution in [-0.2, 0) is 0 Å². The van der Waals surface area contributed by atoms with Crippen LogP contribution in [0.1, 0.15) is 0 Å². The van der Waals surface area contributed by atoms with Crippen molar-refractivity contribution in [1.29, 1.82) is 0 Å². The molecule has 0 atom stereocenters. The van der Waals surface area contributed by atoms with E-state index in [1.807, 2.05) is 6.07 Å². The minimum Gasteiger partial charge on any atom is -0.286 e. The Hall–Kier alpha value is -1.85. The van der Waals surface area contributed by atoms with Gasteiger partial charge in [0.1, 0.15) is 0 Å². The number of nitro groups is 2. The van der Waals surface area contributed by atoms with Gasteiger partial charge in [-0.05, 0) is 6.07 Å². The third-order valence-electron chi connectivity index (χ3n) is 1.68. The Morgan fingerprint density at radius 1 is 1.00 bits per heavy atom. The maximum atomic E-state index is 10.1. The van der Waals surface area contributed by atoms with E-state index >= 15 is 0 Å². The zero-order chi connectivity index (χ0) is 12.7. The first-order valence-corrected chi connectivity index (χ1v) is 4.44. The summed E-state index contributed by atoms with van der Waals surface area (Å²) < 4.78 is 0. The normalized spacial score (nSPS) is 8.44. The molecule has 0 unspecified atom stereocenters. The van der Waals surface area contributed by atoms with E-state index in [-0.39, 0.29) is 38.7 Å².